The van der Waals surface area contributed by atoms with Crippen molar-refractivity contribution in [1.29, 1.82) is 0 Å². The summed E-state index contributed by atoms with van der Waals surface area (Å²) in [6, 6.07) is 6.67. The number of amides is 3. The minimum Gasteiger partial charge on any atom is -0.492 e. The van der Waals surface area contributed by atoms with E-state index in [9.17, 15) is 27.6 Å². The van der Waals surface area contributed by atoms with Crippen molar-refractivity contribution in [3.8, 4) is 11.6 Å². The standard InChI is InChI=1S/C51H70N4O11S/c1-9-33-26-51(33,46(59)53-67(61,62)50(8)20-21-50)27-40(56)39-24-34-29-55(39)45(58)37(48(2,3)4)25-42(57)65-41-23-32(41)15-11-10-12-17-36-43(35-16-13-14-18-38(35)52-44(36)64-34)63-30-31-19-22-54(28-31)47(60)66-49(5,6)7/h9,13-14,16,18,31-34,37,39,41H,1,10-12,15,17,19-30H2,2-8H3,(H,53,59)/t31-,32+,33+,34+,37+,39-,41+,51+/m0/s1. The van der Waals surface area contributed by atoms with Crippen LogP contribution in [0.1, 0.15) is 131 Å². The maximum atomic E-state index is 15.0. The molecule has 0 radical (unpaired) electrons. The molecule has 15 nitrogen and oxygen atoms in total. The Kier molecular flexibility index (Phi) is 13.3. The summed E-state index contributed by atoms with van der Waals surface area (Å²) in [4.78, 5) is 78.6. The van der Waals surface area contributed by atoms with Gasteiger partial charge >= 0.3 is 12.1 Å². The van der Waals surface area contributed by atoms with Crippen molar-refractivity contribution < 1.29 is 51.3 Å². The molecule has 0 spiro atoms. The number of pyridine rings is 1. The quantitative estimate of drug-likeness (QED) is 0.183. The van der Waals surface area contributed by atoms with E-state index in [0.29, 0.717) is 56.1 Å². The summed E-state index contributed by atoms with van der Waals surface area (Å²) in [7, 11) is -3.99. The van der Waals surface area contributed by atoms with Crippen LogP contribution in [-0.4, -0.2) is 108 Å². The number of para-hydroxylation sites is 1. The molecule has 3 amide bonds. The van der Waals surface area contributed by atoms with E-state index < -0.39 is 78.7 Å². The first kappa shape index (κ1) is 48.7. The van der Waals surface area contributed by atoms with Gasteiger partial charge in [0.1, 0.15) is 23.6 Å². The van der Waals surface area contributed by atoms with Crippen LogP contribution in [0.5, 0.6) is 11.6 Å². The Bertz CT molecular complexity index is 2400. The van der Waals surface area contributed by atoms with Gasteiger partial charge in [0, 0.05) is 37.2 Å². The van der Waals surface area contributed by atoms with E-state index in [1.807, 2.05) is 65.8 Å². The minimum atomic E-state index is -3.99. The SMILES string of the molecule is C=C[C@@H]1C[C@]1(CC(=O)[C@@H]1C[C@@H]2CN1C(=O)[C@H](C(C)(C)C)CC(=O)O[C@@H]1C[C@H]1CCCCCc1c(nc3ccccc3c1OC[C@H]1CCN(C(=O)OC(C)(C)C)C1)O2)C(=O)NS(=O)(=O)C1(C)CC1. The van der Waals surface area contributed by atoms with Gasteiger partial charge in [0.2, 0.25) is 27.7 Å². The average Bonchev–Trinajstić information content (AvgIpc) is 4.20. The number of rotatable bonds is 10. The molecular formula is C51H70N4O11S. The van der Waals surface area contributed by atoms with E-state index in [-0.39, 0.29) is 56.3 Å². The van der Waals surface area contributed by atoms with Crippen molar-refractivity contribution in [2.24, 2.45) is 34.5 Å². The number of carbonyl (C=O) groups is 5. The summed E-state index contributed by atoms with van der Waals surface area (Å²) in [5.41, 5.74) is -1.21. The molecule has 2 saturated heterocycles. The lowest BCUT2D eigenvalue weighted by molar-refractivity contribution is -0.154. The van der Waals surface area contributed by atoms with Crippen LogP contribution in [0.4, 0.5) is 4.79 Å². The molecule has 2 aromatic rings. The van der Waals surface area contributed by atoms with Gasteiger partial charge in [-0.25, -0.2) is 18.2 Å². The molecule has 366 valence electrons. The second-order valence-corrected chi connectivity index (χ2v) is 24.8. The van der Waals surface area contributed by atoms with E-state index in [1.54, 1.807) is 17.9 Å². The van der Waals surface area contributed by atoms with Crippen LogP contribution in [-0.2, 0) is 45.1 Å². The van der Waals surface area contributed by atoms with Crippen LogP contribution >= 0.6 is 0 Å². The molecule has 8 atom stereocenters. The summed E-state index contributed by atoms with van der Waals surface area (Å²) in [6.45, 7) is 18.1. The van der Waals surface area contributed by atoms with Crippen LogP contribution in [0, 0.1) is 34.5 Å². The van der Waals surface area contributed by atoms with Crippen molar-refractivity contribution in [1.82, 2.24) is 19.5 Å². The molecule has 3 aliphatic heterocycles. The van der Waals surface area contributed by atoms with E-state index in [0.717, 1.165) is 49.5 Å². The van der Waals surface area contributed by atoms with E-state index in [1.165, 1.54) is 4.90 Å². The third-order valence-corrected chi connectivity index (χ3v) is 17.2. The lowest BCUT2D eigenvalue weighted by Gasteiger charge is -2.34. The minimum absolute atomic E-state index is 0.00505. The largest absolute Gasteiger partial charge is 0.492 e. The Balaban J connectivity index is 1.11. The van der Waals surface area contributed by atoms with Crippen LogP contribution in [0.3, 0.4) is 0 Å². The molecule has 5 fully saturated rings. The average molecular weight is 947 g/mol. The predicted molar refractivity (Wildman–Crippen MR) is 250 cm³/mol. The predicted octanol–water partition coefficient (Wildman–Crippen LogP) is 7.47. The molecule has 1 N–H and O–H groups in total. The van der Waals surface area contributed by atoms with Crippen molar-refractivity contribution in [2.75, 3.05) is 26.2 Å². The first-order valence-electron chi connectivity index (χ1n) is 24.4. The number of ether oxygens (including phenoxy) is 4. The molecular weight excluding hydrogens is 877 g/mol. The number of aromatic nitrogens is 1. The van der Waals surface area contributed by atoms with Crippen LogP contribution in [0.15, 0.2) is 36.9 Å². The molecule has 0 unspecified atom stereocenters. The van der Waals surface area contributed by atoms with Crippen molar-refractivity contribution in [3.63, 3.8) is 0 Å². The topological polar surface area (TPSA) is 188 Å². The summed E-state index contributed by atoms with van der Waals surface area (Å²) in [5, 5.41) is 0.823. The van der Waals surface area contributed by atoms with E-state index >= 15 is 4.79 Å². The molecule has 1 aromatic heterocycles. The van der Waals surface area contributed by atoms with Gasteiger partial charge in [-0.15, -0.1) is 6.58 Å². The molecule has 16 heteroatoms. The van der Waals surface area contributed by atoms with Gasteiger partial charge in [-0.05, 0) is 108 Å². The number of fused-ring (bicyclic) bond motifs is 5. The molecule has 67 heavy (non-hydrogen) atoms. The second kappa shape index (κ2) is 18.3. The summed E-state index contributed by atoms with van der Waals surface area (Å²) >= 11 is 0. The summed E-state index contributed by atoms with van der Waals surface area (Å²) < 4.78 is 53.1. The Morgan fingerprint density at radius 2 is 1.75 bits per heavy atom. The molecule has 8 rings (SSSR count). The number of benzene rings is 1. The number of hydrogen-bond donors (Lipinski definition) is 1. The zero-order chi connectivity index (χ0) is 48.3. The Hall–Kier alpha value is -4.73. The number of allylic oxidation sites excluding steroid dienone is 1. The molecule has 1 aromatic carbocycles. The number of nitrogens with one attached hydrogen (secondary N) is 1. The summed E-state index contributed by atoms with van der Waals surface area (Å²) in [6.07, 6.45) is 6.73. The van der Waals surface area contributed by atoms with Crippen LogP contribution in [0.2, 0.25) is 0 Å². The number of sulfonamides is 1. The Labute approximate surface area is 395 Å². The van der Waals surface area contributed by atoms with Gasteiger partial charge < -0.3 is 28.7 Å². The van der Waals surface area contributed by atoms with Gasteiger partial charge in [0.05, 0.1) is 52.8 Å². The molecule has 4 heterocycles. The summed E-state index contributed by atoms with van der Waals surface area (Å²) in [5.74, 6) is -1.94. The number of Topliss-reactive ketones (excluding diaryl/α,β-unsaturated/α-hetero) is 1. The first-order chi connectivity index (χ1) is 31.5. The van der Waals surface area contributed by atoms with E-state index in [2.05, 4.69) is 11.3 Å². The monoisotopic (exact) mass is 946 g/mol. The van der Waals surface area contributed by atoms with Gasteiger partial charge in [-0.3, -0.25) is 23.9 Å². The third kappa shape index (κ3) is 10.6. The van der Waals surface area contributed by atoms with Gasteiger partial charge in [0.15, 0.2) is 5.78 Å². The highest BCUT2D eigenvalue weighted by atomic mass is 32.2. The highest BCUT2D eigenvalue weighted by Crippen LogP contribution is 2.57. The highest BCUT2D eigenvalue weighted by molar-refractivity contribution is 7.91. The van der Waals surface area contributed by atoms with E-state index in [4.69, 9.17) is 23.9 Å². The normalized spacial score (nSPS) is 29.9. The number of nitrogens with zero attached hydrogens (tertiary/aromatic N) is 3. The number of ketones is 1. The number of esters is 1. The molecule has 2 bridgehead atoms. The van der Waals surface area contributed by atoms with Crippen LogP contribution in [0.25, 0.3) is 10.9 Å². The van der Waals surface area contributed by atoms with Crippen molar-refractivity contribution in [3.05, 3.63) is 42.5 Å². The fourth-order valence-electron chi connectivity index (χ4n) is 10.2. The number of carbonyl (C=O) groups excluding carboxylic acids is 5. The zero-order valence-corrected chi connectivity index (χ0v) is 41.2. The highest BCUT2D eigenvalue weighted by Gasteiger charge is 2.62. The molecule has 3 aliphatic carbocycles. The van der Waals surface area contributed by atoms with Crippen molar-refractivity contribution >= 4 is 50.6 Å². The Morgan fingerprint density at radius 1 is 1.00 bits per heavy atom. The van der Waals surface area contributed by atoms with Crippen LogP contribution < -0.4 is 14.2 Å². The van der Waals surface area contributed by atoms with Crippen molar-refractivity contribution in [2.45, 2.75) is 161 Å². The van der Waals surface area contributed by atoms with Gasteiger partial charge in [0.25, 0.3) is 0 Å². The first-order valence-corrected chi connectivity index (χ1v) is 25.9. The van der Waals surface area contributed by atoms with Gasteiger partial charge in [-0.1, -0.05) is 51.8 Å². The smallest absolute Gasteiger partial charge is 0.410 e. The Morgan fingerprint density at radius 3 is 2.43 bits per heavy atom. The number of hydrogen-bond acceptors (Lipinski definition) is 12. The molecule has 6 aliphatic rings. The lowest BCUT2D eigenvalue weighted by Crippen LogP contribution is -2.49. The fourth-order valence-corrected chi connectivity index (χ4v) is 11.6. The third-order valence-electron chi connectivity index (χ3n) is 15.0. The maximum Gasteiger partial charge on any atom is 0.410 e. The molecule has 3 saturated carbocycles. The second-order valence-electron chi connectivity index (χ2n) is 22.6. The maximum absolute atomic E-state index is 15.0. The lowest BCUT2D eigenvalue weighted by atomic mass is 9.77. The van der Waals surface area contributed by atoms with Gasteiger partial charge in [-0.2, -0.15) is 0 Å². The fraction of sp³-hybridized carbons (Fsp3) is 0.686. The number of likely N-dealkylation sites (tertiary alicyclic amines) is 1. The zero-order valence-electron chi connectivity index (χ0n) is 40.4.